The number of carbonyl (C=O) groups is 2. The third kappa shape index (κ3) is 5.23. The monoisotopic (exact) mass is 260 g/mol. The number of benzene rings is 1. The fraction of sp³-hybridized carbons (Fsp3) is 0.286. The third-order valence-electron chi connectivity index (χ3n) is 2.32. The van der Waals surface area contributed by atoms with E-state index in [0.717, 1.165) is 11.1 Å². The average molecular weight is 260 g/mol. The van der Waals surface area contributed by atoms with E-state index < -0.39 is 0 Å². The summed E-state index contributed by atoms with van der Waals surface area (Å²) in [5.41, 5.74) is 2.30. The fourth-order valence-corrected chi connectivity index (χ4v) is 1.38. The van der Waals surface area contributed by atoms with Gasteiger partial charge in [-0.2, -0.15) is 0 Å². The zero-order valence-corrected chi connectivity index (χ0v) is 10.9. The lowest BCUT2D eigenvalue weighted by Gasteiger charge is -2.07. The van der Waals surface area contributed by atoms with Gasteiger partial charge < -0.3 is 15.7 Å². The van der Waals surface area contributed by atoms with Gasteiger partial charge in [-0.3, -0.25) is 9.59 Å². The lowest BCUT2D eigenvalue weighted by molar-refractivity contribution is -0.122. The highest BCUT2D eigenvalue weighted by molar-refractivity contribution is 5.94. The van der Waals surface area contributed by atoms with Crippen molar-refractivity contribution < 1.29 is 14.7 Å². The van der Waals surface area contributed by atoms with Crippen molar-refractivity contribution in [3.05, 3.63) is 29.3 Å². The summed E-state index contributed by atoms with van der Waals surface area (Å²) in [6.45, 7) is 2.96. The molecule has 1 aromatic rings. The topological polar surface area (TPSA) is 78.4 Å². The predicted octanol–water partition coefficient (Wildman–Crippen LogP) is 0.413. The molecule has 0 aromatic heterocycles. The Morgan fingerprint density at radius 3 is 2.74 bits per heavy atom. The molecule has 0 saturated heterocycles. The minimum Gasteiger partial charge on any atom is -0.384 e. The number of anilines is 1. The van der Waals surface area contributed by atoms with Gasteiger partial charge in [0.15, 0.2) is 0 Å². The standard InChI is InChI=1S/C14H16N2O3/c1-10-5-6-13(8-12(10)4-3-7-17)16-14(19)9-15-11(2)18/h5-6,8,17H,7,9H2,1-2H3,(H,15,18)(H,16,19). The number of aliphatic hydroxyl groups excluding tert-OH is 1. The molecular weight excluding hydrogens is 244 g/mol. The zero-order chi connectivity index (χ0) is 14.3. The van der Waals surface area contributed by atoms with Crippen LogP contribution < -0.4 is 10.6 Å². The summed E-state index contributed by atoms with van der Waals surface area (Å²) >= 11 is 0. The summed E-state index contributed by atoms with van der Waals surface area (Å²) in [5.74, 6) is 4.81. The van der Waals surface area contributed by atoms with Gasteiger partial charge in [-0.1, -0.05) is 17.9 Å². The van der Waals surface area contributed by atoms with Gasteiger partial charge in [-0.25, -0.2) is 0 Å². The minimum absolute atomic E-state index is 0.0686. The van der Waals surface area contributed by atoms with Gasteiger partial charge in [0, 0.05) is 18.2 Å². The highest BCUT2D eigenvalue weighted by Crippen LogP contribution is 2.14. The highest BCUT2D eigenvalue weighted by atomic mass is 16.2. The Labute approximate surface area is 112 Å². The van der Waals surface area contributed by atoms with E-state index in [9.17, 15) is 9.59 Å². The van der Waals surface area contributed by atoms with Crippen molar-refractivity contribution >= 4 is 17.5 Å². The Kier molecular flexibility index (Phi) is 5.58. The van der Waals surface area contributed by atoms with E-state index in [0.29, 0.717) is 5.69 Å². The molecule has 19 heavy (non-hydrogen) atoms. The molecule has 100 valence electrons. The van der Waals surface area contributed by atoms with Crippen LogP contribution in [-0.4, -0.2) is 30.1 Å². The van der Waals surface area contributed by atoms with Crippen LogP contribution in [0.25, 0.3) is 0 Å². The lowest BCUT2D eigenvalue weighted by atomic mass is 10.1. The van der Waals surface area contributed by atoms with Gasteiger partial charge in [0.1, 0.15) is 6.61 Å². The normalized spacial score (nSPS) is 9.21. The molecule has 0 unspecified atom stereocenters. The van der Waals surface area contributed by atoms with Crippen molar-refractivity contribution in [2.75, 3.05) is 18.5 Å². The summed E-state index contributed by atoms with van der Waals surface area (Å²) in [4.78, 5) is 22.2. The second-order valence-corrected chi connectivity index (χ2v) is 3.95. The number of aliphatic hydroxyl groups is 1. The van der Waals surface area contributed by atoms with Crippen LogP contribution in [0, 0.1) is 18.8 Å². The van der Waals surface area contributed by atoms with Crippen LogP contribution in [0.5, 0.6) is 0 Å². The summed E-state index contributed by atoms with van der Waals surface area (Å²) < 4.78 is 0. The van der Waals surface area contributed by atoms with Crippen LogP contribution in [0.15, 0.2) is 18.2 Å². The van der Waals surface area contributed by atoms with Crippen molar-refractivity contribution in [3.8, 4) is 11.8 Å². The molecule has 5 nitrogen and oxygen atoms in total. The summed E-state index contributed by atoms with van der Waals surface area (Å²) in [5, 5.41) is 13.7. The smallest absolute Gasteiger partial charge is 0.243 e. The quantitative estimate of drug-likeness (QED) is 0.689. The number of hydrogen-bond donors (Lipinski definition) is 3. The molecule has 2 amide bonds. The first-order valence-electron chi connectivity index (χ1n) is 5.77. The second kappa shape index (κ2) is 7.19. The van der Waals surface area contributed by atoms with E-state index in [1.54, 1.807) is 12.1 Å². The molecule has 0 fully saturated rings. The molecule has 0 atom stereocenters. The van der Waals surface area contributed by atoms with Crippen LogP contribution in [0.1, 0.15) is 18.1 Å². The molecule has 0 bridgehead atoms. The van der Waals surface area contributed by atoms with Crippen molar-refractivity contribution in [1.29, 1.82) is 0 Å². The number of rotatable bonds is 3. The van der Waals surface area contributed by atoms with Crippen molar-refractivity contribution in [1.82, 2.24) is 5.32 Å². The highest BCUT2D eigenvalue weighted by Gasteiger charge is 2.04. The minimum atomic E-state index is -0.305. The van der Waals surface area contributed by atoms with Gasteiger partial charge in [0.2, 0.25) is 11.8 Å². The van der Waals surface area contributed by atoms with E-state index in [1.807, 2.05) is 13.0 Å². The molecule has 3 N–H and O–H groups in total. The maximum atomic E-state index is 11.5. The number of amides is 2. The van der Waals surface area contributed by atoms with Crippen LogP contribution in [0.3, 0.4) is 0 Å². The van der Waals surface area contributed by atoms with E-state index in [1.165, 1.54) is 6.92 Å². The first-order chi connectivity index (χ1) is 9.02. The maximum Gasteiger partial charge on any atom is 0.243 e. The zero-order valence-electron chi connectivity index (χ0n) is 10.9. The fourth-order valence-electron chi connectivity index (χ4n) is 1.38. The van der Waals surface area contributed by atoms with Gasteiger partial charge in [-0.15, -0.1) is 0 Å². The molecule has 1 rings (SSSR count). The first-order valence-corrected chi connectivity index (χ1v) is 5.77. The second-order valence-electron chi connectivity index (χ2n) is 3.95. The molecule has 1 aromatic carbocycles. The molecule has 0 aliphatic rings. The summed E-state index contributed by atoms with van der Waals surface area (Å²) in [6, 6.07) is 5.31. The van der Waals surface area contributed by atoms with Crippen LogP contribution in [0.2, 0.25) is 0 Å². The van der Waals surface area contributed by atoms with Crippen LogP contribution >= 0.6 is 0 Å². The number of aryl methyl sites for hydroxylation is 1. The van der Waals surface area contributed by atoms with Gasteiger partial charge in [-0.05, 0) is 24.6 Å². The third-order valence-corrected chi connectivity index (χ3v) is 2.32. The molecule has 0 aliphatic heterocycles. The molecule has 0 radical (unpaired) electrons. The molecule has 5 heteroatoms. The first kappa shape index (κ1) is 14.7. The van der Waals surface area contributed by atoms with Gasteiger partial charge in [0.25, 0.3) is 0 Å². The Bertz CT molecular complexity index is 541. The molecule has 0 saturated carbocycles. The Morgan fingerprint density at radius 1 is 1.37 bits per heavy atom. The predicted molar refractivity (Wildman–Crippen MR) is 72.5 cm³/mol. The molecule has 0 spiro atoms. The van der Waals surface area contributed by atoms with Crippen molar-refractivity contribution in [3.63, 3.8) is 0 Å². The maximum absolute atomic E-state index is 11.5. The SMILES string of the molecule is CC(=O)NCC(=O)Nc1ccc(C)c(C#CCO)c1. The van der Waals surface area contributed by atoms with E-state index in [2.05, 4.69) is 22.5 Å². The van der Waals surface area contributed by atoms with Gasteiger partial charge >= 0.3 is 0 Å². The number of carbonyl (C=O) groups excluding carboxylic acids is 2. The Hall–Kier alpha value is -2.32. The number of hydrogen-bond acceptors (Lipinski definition) is 3. The Morgan fingerprint density at radius 2 is 2.11 bits per heavy atom. The summed E-state index contributed by atoms with van der Waals surface area (Å²) in [6.07, 6.45) is 0. The van der Waals surface area contributed by atoms with Crippen LogP contribution in [0.4, 0.5) is 5.69 Å². The van der Waals surface area contributed by atoms with Crippen molar-refractivity contribution in [2.24, 2.45) is 0 Å². The molecule has 0 heterocycles. The van der Waals surface area contributed by atoms with E-state index in [-0.39, 0.29) is 25.0 Å². The Balaban J connectivity index is 2.74. The van der Waals surface area contributed by atoms with Gasteiger partial charge in [0.05, 0.1) is 6.54 Å². The number of nitrogens with one attached hydrogen (secondary N) is 2. The molecular formula is C14H16N2O3. The molecule has 0 aliphatic carbocycles. The summed E-state index contributed by atoms with van der Waals surface area (Å²) in [7, 11) is 0. The van der Waals surface area contributed by atoms with E-state index in [4.69, 9.17) is 5.11 Å². The van der Waals surface area contributed by atoms with E-state index >= 15 is 0 Å². The van der Waals surface area contributed by atoms with Crippen molar-refractivity contribution in [2.45, 2.75) is 13.8 Å². The average Bonchev–Trinajstić information content (AvgIpc) is 2.37. The largest absolute Gasteiger partial charge is 0.384 e. The van der Waals surface area contributed by atoms with Crippen LogP contribution in [-0.2, 0) is 9.59 Å². The lowest BCUT2D eigenvalue weighted by Crippen LogP contribution is -2.31.